The van der Waals surface area contributed by atoms with Crippen molar-refractivity contribution in [1.29, 1.82) is 0 Å². The number of hydrogen-bond acceptors (Lipinski definition) is 1. The van der Waals surface area contributed by atoms with Gasteiger partial charge in [-0.1, -0.05) is 45.2 Å². The van der Waals surface area contributed by atoms with E-state index in [1.54, 1.807) is 24.3 Å². The van der Waals surface area contributed by atoms with Gasteiger partial charge in [-0.25, -0.2) is 4.39 Å². The molecule has 0 radical (unpaired) electrons. The van der Waals surface area contributed by atoms with Crippen LogP contribution < -0.4 is 5.73 Å². The largest absolute Gasteiger partial charge is 0.324 e. The summed E-state index contributed by atoms with van der Waals surface area (Å²) in [6, 6.07) is 9.52. The van der Waals surface area contributed by atoms with E-state index in [0.717, 1.165) is 5.56 Å². The quantitative estimate of drug-likeness (QED) is 0.803. The number of hydrogen-bond donors (Lipinski definition) is 1. The Morgan fingerprint density at radius 2 is 1.79 bits per heavy atom. The summed E-state index contributed by atoms with van der Waals surface area (Å²) < 4.78 is 14.0. The standard InChI is InChI=1S/C14H11BrCl2FN/c15-9-4-8(5-10(18)6-9)14(19)7-11-12(16)2-1-3-13(11)17/h1-6,14H,7,19H2. The van der Waals surface area contributed by atoms with Crippen LogP contribution in [0.4, 0.5) is 4.39 Å². The third kappa shape index (κ3) is 3.69. The van der Waals surface area contributed by atoms with E-state index < -0.39 is 0 Å². The molecule has 1 nitrogen and oxygen atoms in total. The summed E-state index contributed by atoms with van der Waals surface area (Å²) in [6.07, 6.45) is 0.453. The van der Waals surface area contributed by atoms with E-state index in [9.17, 15) is 4.39 Å². The second kappa shape index (κ2) is 6.23. The Labute approximate surface area is 129 Å². The molecule has 2 aromatic carbocycles. The van der Waals surface area contributed by atoms with Crippen LogP contribution in [0.2, 0.25) is 10.0 Å². The van der Waals surface area contributed by atoms with Gasteiger partial charge in [0.15, 0.2) is 0 Å². The van der Waals surface area contributed by atoms with Crippen molar-refractivity contribution in [2.24, 2.45) is 5.73 Å². The molecule has 100 valence electrons. The maximum Gasteiger partial charge on any atom is 0.124 e. The summed E-state index contributed by atoms with van der Waals surface area (Å²) in [6.45, 7) is 0. The second-order valence-electron chi connectivity index (χ2n) is 4.21. The fourth-order valence-corrected chi connectivity index (χ4v) is 2.89. The number of rotatable bonds is 3. The summed E-state index contributed by atoms with van der Waals surface area (Å²) in [7, 11) is 0. The molecule has 19 heavy (non-hydrogen) atoms. The molecular formula is C14H11BrCl2FN. The normalized spacial score (nSPS) is 12.5. The highest BCUT2D eigenvalue weighted by atomic mass is 79.9. The monoisotopic (exact) mass is 361 g/mol. The smallest absolute Gasteiger partial charge is 0.124 e. The van der Waals surface area contributed by atoms with Crippen LogP contribution in [0.3, 0.4) is 0 Å². The zero-order valence-electron chi connectivity index (χ0n) is 9.84. The van der Waals surface area contributed by atoms with Gasteiger partial charge in [0.05, 0.1) is 0 Å². The van der Waals surface area contributed by atoms with Crippen molar-refractivity contribution < 1.29 is 4.39 Å². The Bertz CT molecular complexity index is 563. The number of nitrogens with two attached hydrogens (primary N) is 1. The summed E-state index contributed by atoms with van der Waals surface area (Å²) in [4.78, 5) is 0. The Morgan fingerprint density at radius 3 is 2.37 bits per heavy atom. The number of benzene rings is 2. The summed E-state index contributed by atoms with van der Waals surface area (Å²) in [5.41, 5.74) is 7.57. The lowest BCUT2D eigenvalue weighted by molar-refractivity contribution is 0.617. The second-order valence-corrected chi connectivity index (χ2v) is 5.94. The summed E-state index contributed by atoms with van der Waals surface area (Å²) in [5, 5.41) is 1.14. The molecule has 2 aromatic rings. The van der Waals surface area contributed by atoms with Gasteiger partial charge in [-0.2, -0.15) is 0 Å². The maximum absolute atomic E-state index is 13.3. The van der Waals surface area contributed by atoms with Crippen molar-refractivity contribution in [3.63, 3.8) is 0 Å². The predicted molar refractivity (Wildman–Crippen MR) is 81.2 cm³/mol. The summed E-state index contributed by atoms with van der Waals surface area (Å²) in [5.74, 6) is -0.329. The first kappa shape index (κ1) is 14.8. The zero-order chi connectivity index (χ0) is 14.0. The van der Waals surface area contributed by atoms with Gasteiger partial charge < -0.3 is 5.73 Å². The average molecular weight is 363 g/mol. The van der Waals surface area contributed by atoms with Crippen molar-refractivity contribution in [2.45, 2.75) is 12.5 Å². The third-order valence-electron chi connectivity index (χ3n) is 2.80. The van der Waals surface area contributed by atoms with E-state index in [0.29, 0.717) is 26.5 Å². The fourth-order valence-electron chi connectivity index (χ4n) is 1.85. The van der Waals surface area contributed by atoms with E-state index in [-0.39, 0.29) is 11.9 Å². The molecule has 0 aliphatic carbocycles. The Kier molecular flexibility index (Phi) is 4.85. The molecule has 0 saturated heterocycles. The van der Waals surface area contributed by atoms with E-state index in [1.165, 1.54) is 12.1 Å². The maximum atomic E-state index is 13.3. The van der Waals surface area contributed by atoms with Crippen LogP contribution in [0.5, 0.6) is 0 Å². The lowest BCUT2D eigenvalue weighted by Crippen LogP contribution is -2.14. The highest BCUT2D eigenvalue weighted by Crippen LogP contribution is 2.29. The van der Waals surface area contributed by atoms with Crippen LogP contribution in [0.15, 0.2) is 40.9 Å². The van der Waals surface area contributed by atoms with Gasteiger partial charge in [0.2, 0.25) is 0 Å². The van der Waals surface area contributed by atoms with Gasteiger partial charge >= 0.3 is 0 Å². The van der Waals surface area contributed by atoms with Crippen molar-refractivity contribution in [3.8, 4) is 0 Å². The first-order valence-electron chi connectivity index (χ1n) is 5.62. The third-order valence-corrected chi connectivity index (χ3v) is 3.96. The van der Waals surface area contributed by atoms with Gasteiger partial charge in [-0.05, 0) is 47.9 Å². The molecule has 1 atom stereocenters. The molecule has 0 bridgehead atoms. The van der Waals surface area contributed by atoms with Gasteiger partial charge in [-0.15, -0.1) is 0 Å². The Balaban J connectivity index is 2.28. The van der Waals surface area contributed by atoms with E-state index in [2.05, 4.69) is 15.9 Å². The molecule has 2 rings (SSSR count). The first-order chi connectivity index (χ1) is 8.97. The SMILES string of the molecule is NC(Cc1c(Cl)cccc1Cl)c1cc(F)cc(Br)c1. The molecule has 0 heterocycles. The van der Waals surface area contributed by atoms with Gasteiger partial charge in [0.1, 0.15) is 5.82 Å². The van der Waals surface area contributed by atoms with Crippen LogP contribution >= 0.6 is 39.1 Å². The Hall–Kier alpha value is -0.610. The molecule has 0 aromatic heterocycles. The average Bonchev–Trinajstić information content (AvgIpc) is 2.32. The van der Waals surface area contributed by atoms with Crippen molar-refractivity contribution >= 4 is 39.1 Å². The topological polar surface area (TPSA) is 26.0 Å². The van der Waals surface area contributed by atoms with Crippen LogP contribution in [0.1, 0.15) is 17.2 Å². The number of halogens is 4. The van der Waals surface area contributed by atoms with E-state index in [1.807, 2.05) is 0 Å². The Morgan fingerprint density at radius 1 is 1.16 bits per heavy atom. The highest BCUT2D eigenvalue weighted by Gasteiger charge is 2.13. The van der Waals surface area contributed by atoms with Gasteiger partial charge in [0.25, 0.3) is 0 Å². The molecule has 0 saturated carbocycles. The molecular weight excluding hydrogens is 352 g/mol. The minimum atomic E-state index is -0.371. The van der Waals surface area contributed by atoms with Crippen LogP contribution in [0, 0.1) is 5.82 Å². The van der Waals surface area contributed by atoms with Crippen LogP contribution in [-0.4, -0.2) is 0 Å². The van der Waals surface area contributed by atoms with Crippen LogP contribution in [0.25, 0.3) is 0 Å². The molecule has 1 unspecified atom stereocenters. The fraction of sp³-hybridized carbons (Fsp3) is 0.143. The van der Waals surface area contributed by atoms with Crippen LogP contribution in [-0.2, 0) is 6.42 Å². The van der Waals surface area contributed by atoms with Crippen molar-refractivity contribution in [2.75, 3.05) is 0 Å². The molecule has 0 fully saturated rings. The van der Waals surface area contributed by atoms with E-state index in [4.69, 9.17) is 28.9 Å². The highest BCUT2D eigenvalue weighted by molar-refractivity contribution is 9.10. The molecule has 2 N–H and O–H groups in total. The van der Waals surface area contributed by atoms with Gasteiger partial charge in [-0.3, -0.25) is 0 Å². The molecule has 0 amide bonds. The van der Waals surface area contributed by atoms with Crippen molar-refractivity contribution in [1.82, 2.24) is 0 Å². The van der Waals surface area contributed by atoms with Gasteiger partial charge in [0, 0.05) is 20.6 Å². The molecule has 5 heteroatoms. The van der Waals surface area contributed by atoms with E-state index >= 15 is 0 Å². The summed E-state index contributed by atoms with van der Waals surface area (Å²) >= 11 is 15.4. The predicted octanol–water partition coefficient (Wildman–Crippen LogP) is 5.14. The molecule has 0 aliphatic rings. The molecule has 0 spiro atoms. The van der Waals surface area contributed by atoms with Crippen molar-refractivity contribution in [3.05, 3.63) is 67.9 Å². The minimum Gasteiger partial charge on any atom is -0.324 e. The minimum absolute atomic E-state index is 0.329. The zero-order valence-corrected chi connectivity index (χ0v) is 12.9. The lowest BCUT2D eigenvalue weighted by atomic mass is 9.99. The lowest BCUT2D eigenvalue weighted by Gasteiger charge is -2.15. The first-order valence-corrected chi connectivity index (χ1v) is 7.16. The molecule has 0 aliphatic heterocycles.